The highest BCUT2D eigenvalue weighted by molar-refractivity contribution is 5.85. The Labute approximate surface area is 102 Å². The third-order valence-electron chi connectivity index (χ3n) is 2.61. The molecule has 0 saturated heterocycles. The summed E-state index contributed by atoms with van der Waals surface area (Å²) in [5, 5.41) is 5.93. The van der Waals surface area contributed by atoms with Crippen LogP contribution in [0.15, 0.2) is 66.8 Å². The van der Waals surface area contributed by atoms with Crippen molar-refractivity contribution in [2.45, 2.75) is 6.92 Å². The Morgan fingerprint density at radius 3 is 2.65 bits per heavy atom. The first-order valence-electron chi connectivity index (χ1n) is 5.90. The molecule has 0 aliphatic rings. The second-order valence-corrected chi connectivity index (χ2v) is 3.90. The van der Waals surface area contributed by atoms with E-state index < -0.39 is 0 Å². The Morgan fingerprint density at radius 2 is 1.82 bits per heavy atom. The molecule has 1 N–H and O–H groups in total. The van der Waals surface area contributed by atoms with Crippen molar-refractivity contribution in [1.82, 2.24) is 0 Å². The van der Waals surface area contributed by atoms with Gasteiger partial charge in [-0.1, -0.05) is 54.6 Å². The molecule has 1 nitrogen and oxygen atoms in total. The second kappa shape index (κ2) is 5.90. The van der Waals surface area contributed by atoms with Crippen molar-refractivity contribution in [2.24, 2.45) is 0 Å². The standard InChI is InChI=1S/C16H17N/c1-2-3-4-7-12-17-16-11-10-14-8-5-6-9-15(14)13-16/h2-11,13,17H,12H2,1H3/b3-2-,7-4-. The predicted molar refractivity (Wildman–Crippen MR) is 76.4 cm³/mol. The zero-order chi connectivity index (χ0) is 11.9. The summed E-state index contributed by atoms with van der Waals surface area (Å²) in [6.07, 6.45) is 8.21. The summed E-state index contributed by atoms with van der Waals surface area (Å²) in [4.78, 5) is 0. The molecule has 2 rings (SSSR count). The smallest absolute Gasteiger partial charge is 0.0349 e. The Hall–Kier alpha value is -2.02. The molecule has 0 heterocycles. The lowest BCUT2D eigenvalue weighted by Gasteiger charge is -2.04. The molecule has 0 saturated carbocycles. The molecule has 0 aromatic heterocycles. The average Bonchev–Trinajstić information content (AvgIpc) is 2.38. The summed E-state index contributed by atoms with van der Waals surface area (Å²) in [5.41, 5.74) is 1.16. The number of nitrogens with one attached hydrogen (secondary N) is 1. The minimum absolute atomic E-state index is 0.850. The number of fused-ring (bicyclic) bond motifs is 1. The monoisotopic (exact) mass is 223 g/mol. The van der Waals surface area contributed by atoms with Crippen LogP contribution in [0.1, 0.15) is 6.92 Å². The van der Waals surface area contributed by atoms with Gasteiger partial charge in [-0.2, -0.15) is 0 Å². The van der Waals surface area contributed by atoms with E-state index in [1.807, 2.05) is 25.2 Å². The van der Waals surface area contributed by atoms with Crippen LogP contribution in [0.4, 0.5) is 5.69 Å². The van der Waals surface area contributed by atoms with Gasteiger partial charge in [-0.15, -0.1) is 0 Å². The molecule has 1 heteroatoms. The quantitative estimate of drug-likeness (QED) is 0.758. The van der Waals surface area contributed by atoms with Crippen LogP contribution < -0.4 is 5.32 Å². The summed E-state index contributed by atoms with van der Waals surface area (Å²) in [6.45, 7) is 2.86. The third kappa shape index (κ3) is 3.22. The second-order valence-electron chi connectivity index (χ2n) is 3.90. The molecule has 0 aliphatic heterocycles. The van der Waals surface area contributed by atoms with Crippen LogP contribution >= 0.6 is 0 Å². The molecule has 0 fully saturated rings. The number of hydrogen-bond donors (Lipinski definition) is 1. The van der Waals surface area contributed by atoms with Gasteiger partial charge >= 0.3 is 0 Å². The van der Waals surface area contributed by atoms with Gasteiger partial charge in [0, 0.05) is 12.2 Å². The van der Waals surface area contributed by atoms with Gasteiger partial charge in [-0.05, 0) is 29.8 Å². The highest BCUT2D eigenvalue weighted by atomic mass is 14.8. The highest BCUT2D eigenvalue weighted by Gasteiger charge is 1.93. The van der Waals surface area contributed by atoms with Gasteiger partial charge in [0.15, 0.2) is 0 Å². The first-order valence-corrected chi connectivity index (χ1v) is 5.90. The van der Waals surface area contributed by atoms with Crippen LogP contribution in [0.25, 0.3) is 10.8 Å². The maximum absolute atomic E-state index is 3.37. The summed E-state index contributed by atoms with van der Waals surface area (Å²) in [6, 6.07) is 14.8. The van der Waals surface area contributed by atoms with Crippen LogP contribution in [0.5, 0.6) is 0 Å². The molecule has 0 radical (unpaired) electrons. The Kier molecular flexibility index (Phi) is 3.98. The minimum Gasteiger partial charge on any atom is -0.382 e. The lowest BCUT2D eigenvalue weighted by atomic mass is 10.1. The van der Waals surface area contributed by atoms with Gasteiger partial charge in [-0.25, -0.2) is 0 Å². The minimum atomic E-state index is 0.850. The number of anilines is 1. The lowest BCUT2D eigenvalue weighted by molar-refractivity contribution is 1.34. The van der Waals surface area contributed by atoms with Gasteiger partial charge in [0.05, 0.1) is 0 Å². The van der Waals surface area contributed by atoms with E-state index in [0.29, 0.717) is 0 Å². The van der Waals surface area contributed by atoms with E-state index in [9.17, 15) is 0 Å². The fourth-order valence-corrected chi connectivity index (χ4v) is 1.73. The Morgan fingerprint density at radius 1 is 1.00 bits per heavy atom. The van der Waals surface area contributed by atoms with E-state index in [-0.39, 0.29) is 0 Å². The third-order valence-corrected chi connectivity index (χ3v) is 2.61. The molecule has 2 aromatic rings. The van der Waals surface area contributed by atoms with Crippen LogP contribution in [0.3, 0.4) is 0 Å². The van der Waals surface area contributed by atoms with Crippen molar-refractivity contribution in [3.05, 3.63) is 66.8 Å². The van der Waals surface area contributed by atoms with Crippen LogP contribution in [0.2, 0.25) is 0 Å². The molecule has 86 valence electrons. The van der Waals surface area contributed by atoms with E-state index in [1.54, 1.807) is 0 Å². The molecule has 2 aromatic carbocycles. The predicted octanol–water partition coefficient (Wildman–Crippen LogP) is 4.38. The Bertz CT molecular complexity index is 538. The SMILES string of the molecule is C/C=C\C=C/CNc1ccc2ccccc2c1. The molecule has 0 unspecified atom stereocenters. The van der Waals surface area contributed by atoms with Gasteiger partial charge in [-0.3, -0.25) is 0 Å². The summed E-state index contributed by atoms with van der Waals surface area (Å²) < 4.78 is 0. The molecular weight excluding hydrogens is 206 g/mol. The van der Waals surface area contributed by atoms with Crippen LogP contribution in [-0.2, 0) is 0 Å². The van der Waals surface area contributed by atoms with E-state index >= 15 is 0 Å². The summed E-state index contributed by atoms with van der Waals surface area (Å²) in [5.74, 6) is 0. The fraction of sp³-hybridized carbons (Fsp3) is 0.125. The van der Waals surface area contributed by atoms with Crippen molar-refractivity contribution in [1.29, 1.82) is 0 Å². The van der Waals surface area contributed by atoms with E-state index in [4.69, 9.17) is 0 Å². The maximum atomic E-state index is 3.37. The van der Waals surface area contributed by atoms with Crippen molar-refractivity contribution in [3.63, 3.8) is 0 Å². The lowest BCUT2D eigenvalue weighted by Crippen LogP contribution is -1.97. The molecular formula is C16H17N. The first-order chi connectivity index (χ1) is 8.40. The molecule has 0 aliphatic carbocycles. The molecule has 0 spiro atoms. The molecule has 17 heavy (non-hydrogen) atoms. The molecule has 0 bridgehead atoms. The average molecular weight is 223 g/mol. The molecule has 0 atom stereocenters. The van der Waals surface area contributed by atoms with Gasteiger partial charge in [0.1, 0.15) is 0 Å². The van der Waals surface area contributed by atoms with Gasteiger partial charge in [0.25, 0.3) is 0 Å². The van der Waals surface area contributed by atoms with Crippen molar-refractivity contribution < 1.29 is 0 Å². The first kappa shape index (κ1) is 11.5. The van der Waals surface area contributed by atoms with Gasteiger partial charge < -0.3 is 5.32 Å². The fourth-order valence-electron chi connectivity index (χ4n) is 1.73. The highest BCUT2D eigenvalue weighted by Crippen LogP contribution is 2.18. The zero-order valence-corrected chi connectivity index (χ0v) is 10.1. The van der Waals surface area contributed by atoms with Crippen LogP contribution in [0, 0.1) is 0 Å². The van der Waals surface area contributed by atoms with Crippen molar-refractivity contribution >= 4 is 16.5 Å². The van der Waals surface area contributed by atoms with Crippen molar-refractivity contribution in [3.8, 4) is 0 Å². The largest absolute Gasteiger partial charge is 0.382 e. The zero-order valence-electron chi connectivity index (χ0n) is 10.1. The molecule has 0 amide bonds. The number of benzene rings is 2. The maximum Gasteiger partial charge on any atom is 0.0349 e. The normalized spacial score (nSPS) is 11.6. The van der Waals surface area contributed by atoms with E-state index in [2.05, 4.69) is 53.9 Å². The number of allylic oxidation sites excluding steroid dienone is 3. The Balaban J connectivity index is 2.04. The topological polar surface area (TPSA) is 12.0 Å². The van der Waals surface area contributed by atoms with E-state index in [1.165, 1.54) is 10.8 Å². The van der Waals surface area contributed by atoms with E-state index in [0.717, 1.165) is 12.2 Å². The van der Waals surface area contributed by atoms with Crippen molar-refractivity contribution in [2.75, 3.05) is 11.9 Å². The van der Waals surface area contributed by atoms with Crippen LogP contribution in [-0.4, -0.2) is 6.54 Å². The summed E-state index contributed by atoms with van der Waals surface area (Å²) in [7, 11) is 0. The number of hydrogen-bond acceptors (Lipinski definition) is 1. The van der Waals surface area contributed by atoms with Gasteiger partial charge in [0.2, 0.25) is 0 Å². The number of rotatable bonds is 4. The summed E-state index contributed by atoms with van der Waals surface area (Å²) >= 11 is 0.